The van der Waals surface area contributed by atoms with Gasteiger partial charge in [0, 0.05) is 29.4 Å². The first-order valence-electron chi connectivity index (χ1n) is 7.72. The highest BCUT2D eigenvalue weighted by molar-refractivity contribution is 9.10. The zero-order valence-electron chi connectivity index (χ0n) is 13.0. The lowest BCUT2D eigenvalue weighted by Crippen LogP contribution is -2.35. The van der Waals surface area contributed by atoms with Gasteiger partial charge in [-0.3, -0.25) is 4.79 Å². The molecule has 1 saturated heterocycles. The predicted molar refractivity (Wildman–Crippen MR) is 95.5 cm³/mol. The Balaban J connectivity index is 1.76. The molecule has 0 bridgehead atoms. The minimum atomic E-state index is -3.54. The number of nitrogens with zero attached hydrogens (tertiary/aromatic N) is 1. The van der Waals surface area contributed by atoms with Crippen LogP contribution in [0.15, 0.2) is 45.9 Å². The van der Waals surface area contributed by atoms with Crippen LogP contribution in [0, 0.1) is 0 Å². The number of amides is 1. The van der Waals surface area contributed by atoms with E-state index in [1.807, 2.05) is 6.07 Å². The molecule has 6 nitrogen and oxygen atoms in total. The van der Waals surface area contributed by atoms with Crippen molar-refractivity contribution >= 4 is 37.5 Å². The first-order chi connectivity index (χ1) is 11.5. The lowest BCUT2D eigenvalue weighted by atomic mass is 10.2. The molecule has 0 spiro atoms. The Bertz CT molecular complexity index is 842. The number of aromatic nitrogens is 1. The fraction of sp³-hybridized carbons (Fsp3) is 0.312. The summed E-state index contributed by atoms with van der Waals surface area (Å²) in [4.78, 5) is 15.2. The summed E-state index contributed by atoms with van der Waals surface area (Å²) in [6, 6.07) is 8.58. The number of H-pyrrole nitrogens is 1. The van der Waals surface area contributed by atoms with Gasteiger partial charge < -0.3 is 10.3 Å². The van der Waals surface area contributed by atoms with Crippen molar-refractivity contribution in [3.05, 3.63) is 46.7 Å². The molecule has 0 saturated carbocycles. The maximum atomic E-state index is 12.6. The zero-order chi connectivity index (χ0) is 17.2. The number of aromatic amines is 1. The summed E-state index contributed by atoms with van der Waals surface area (Å²) in [5.74, 6) is -0.381. The van der Waals surface area contributed by atoms with E-state index in [4.69, 9.17) is 0 Å². The number of nitrogens with one attached hydrogen (secondary N) is 2. The van der Waals surface area contributed by atoms with Gasteiger partial charge >= 0.3 is 0 Å². The van der Waals surface area contributed by atoms with Crippen molar-refractivity contribution in [2.75, 3.05) is 18.4 Å². The van der Waals surface area contributed by atoms with E-state index in [0.717, 1.165) is 23.7 Å². The van der Waals surface area contributed by atoms with Crippen molar-refractivity contribution in [3.63, 3.8) is 0 Å². The quantitative estimate of drug-likeness (QED) is 0.809. The Labute approximate surface area is 149 Å². The van der Waals surface area contributed by atoms with Gasteiger partial charge in [-0.2, -0.15) is 4.31 Å². The number of carbonyl (C=O) groups is 1. The molecule has 2 N–H and O–H groups in total. The van der Waals surface area contributed by atoms with Crippen LogP contribution < -0.4 is 5.32 Å². The zero-order valence-corrected chi connectivity index (χ0v) is 15.4. The molecule has 1 amide bonds. The number of piperidine rings is 1. The molecule has 1 fully saturated rings. The summed E-state index contributed by atoms with van der Waals surface area (Å²) in [5, 5.41) is 2.73. The molecule has 24 heavy (non-hydrogen) atoms. The van der Waals surface area contributed by atoms with Crippen LogP contribution in [0.25, 0.3) is 0 Å². The van der Waals surface area contributed by atoms with Crippen LogP contribution in [0.2, 0.25) is 0 Å². The molecule has 3 rings (SSSR count). The fourth-order valence-electron chi connectivity index (χ4n) is 2.67. The van der Waals surface area contributed by atoms with Crippen LogP contribution in [0.3, 0.4) is 0 Å². The Hall–Kier alpha value is -1.64. The normalized spacial score (nSPS) is 16.0. The summed E-state index contributed by atoms with van der Waals surface area (Å²) in [5.41, 5.74) is 0.843. The monoisotopic (exact) mass is 411 g/mol. The number of rotatable bonds is 4. The highest BCUT2D eigenvalue weighted by Crippen LogP contribution is 2.22. The third-order valence-electron chi connectivity index (χ3n) is 3.94. The van der Waals surface area contributed by atoms with Gasteiger partial charge in [0.25, 0.3) is 5.91 Å². The molecule has 0 radical (unpaired) electrons. The van der Waals surface area contributed by atoms with Crippen molar-refractivity contribution in [2.24, 2.45) is 0 Å². The van der Waals surface area contributed by atoms with E-state index in [0.29, 0.717) is 18.8 Å². The Morgan fingerprint density at radius 1 is 1.17 bits per heavy atom. The molecule has 1 aliphatic rings. The minimum Gasteiger partial charge on any atom is -0.356 e. The number of anilines is 1. The number of hydrogen-bond acceptors (Lipinski definition) is 3. The molecule has 128 valence electrons. The van der Waals surface area contributed by atoms with E-state index in [1.54, 1.807) is 18.2 Å². The summed E-state index contributed by atoms with van der Waals surface area (Å²) < 4.78 is 27.5. The molecule has 1 aromatic heterocycles. The highest BCUT2D eigenvalue weighted by Gasteiger charge is 2.27. The number of halogens is 1. The summed E-state index contributed by atoms with van der Waals surface area (Å²) in [6.45, 7) is 1.07. The fourth-order valence-corrected chi connectivity index (χ4v) is 4.58. The molecule has 1 aromatic carbocycles. The summed E-state index contributed by atoms with van der Waals surface area (Å²) in [7, 11) is -3.54. The van der Waals surface area contributed by atoms with E-state index >= 15 is 0 Å². The van der Waals surface area contributed by atoms with Crippen LogP contribution in [-0.2, 0) is 10.0 Å². The summed E-state index contributed by atoms with van der Waals surface area (Å²) >= 11 is 3.34. The molecule has 0 unspecified atom stereocenters. The number of sulfonamides is 1. The molecule has 2 heterocycles. The molecular formula is C16H18BrN3O3S. The van der Waals surface area contributed by atoms with E-state index in [1.165, 1.54) is 16.6 Å². The Kier molecular flexibility index (Phi) is 5.07. The van der Waals surface area contributed by atoms with Crippen molar-refractivity contribution in [3.8, 4) is 0 Å². The number of carbonyl (C=O) groups excluding carboxylic acids is 1. The van der Waals surface area contributed by atoms with E-state index in [2.05, 4.69) is 26.2 Å². The second-order valence-electron chi connectivity index (χ2n) is 5.68. The Morgan fingerprint density at radius 2 is 1.92 bits per heavy atom. The molecule has 0 aliphatic carbocycles. The highest BCUT2D eigenvalue weighted by atomic mass is 79.9. The number of hydrogen-bond donors (Lipinski definition) is 2. The smallest absolute Gasteiger partial charge is 0.272 e. The molecule has 1 aliphatic heterocycles. The Morgan fingerprint density at radius 3 is 2.62 bits per heavy atom. The lowest BCUT2D eigenvalue weighted by molar-refractivity contribution is 0.102. The van der Waals surface area contributed by atoms with E-state index in [9.17, 15) is 13.2 Å². The van der Waals surface area contributed by atoms with Gasteiger partial charge in [-0.1, -0.05) is 28.4 Å². The van der Waals surface area contributed by atoms with Gasteiger partial charge in [0.15, 0.2) is 0 Å². The summed E-state index contributed by atoms with van der Waals surface area (Å²) in [6.07, 6.45) is 4.18. The second kappa shape index (κ2) is 7.08. The van der Waals surface area contributed by atoms with Crippen LogP contribution in [0.1, 0.15) is 29.8 Å². The first-order valence-corrected chi connectivity index (χ1v) is 9.95. The molecule has 2 aromatic rings. The van der Waals surface area contributed by atoms with Crippen molar-refractivity contribution < 1.29 is 13.2 Å². The second-order valence-corrected chi connectivity index (χ2v) is 8.53. The topological polar surface area (TPSA) is 82.3 Å². The largest absolute Gasteiger partial charge is 0.356 e. The average Bonchev–Trinajstić information content (AvgIpc) is 3.07. The maximum absolute atomic E-state index is 12.6. The van der Waals surface area contributed by atoms with Crippen LogP contribution >= 0.6 is 15.9 Å². The minimum absolute atomic E-state index is 0.129. The predicted octanol–water partition coefficient (Wildman–Crippen LogP) is 3.20. The van der Waals surface area contributed by atoms with Gasteiger partial charge in [-0.05, 0) is 37.1 Å². The van der Waals surface area contributed by atoms with Gasteiger partial charge in [0.05, 0.1) is 0 Å². The first kappa shape index (κ1) is 17.2. The molecular weight excluding hydrogens is 394 g/mol. The lowest BCUT2D eigenvalue weighted by Gasteiger charge is -2.25. The SMILES string of the molecule is O=C(Nc1cccc(Br)c1)c1cc(S(=O)(=O)N2CCCCC2)c[nH]1. The standard InChI is InChI=1S/C16H18BrN3O3S/c17-12-5-4-6-13(9-12)19-16(21)15-10-14(11-18-15)24(22,23)20-7-2-1-3-8-20/h4-6,9-11,18H,1-3,7-8H2,(H,19,21). The molecule has 8 heteroatoms. The van der Waals surface area contributed by atoms with E-state index < -0.39 is 10.0 Å². The molecule has 0 atom stereocenters. The third kappa shape index (κ3) is 3.71. The van der Waals surface area contributed by atoms with Gasteiger partial charge in [0.2, 0.25) is 10.0 Å². The number of benzene rings is 1. The van der Waals surface area contributed by atoms with Crippen molar-refractivity contribution in [1.82, 2.24) is 9.29 Å². The average molecular weight is 412 g/mol. The van der Waals surface area contributed by atoms with Crippen LogP contribution in [-0.4, -0.2) is 36.7 Å². The van der Waals surface area contributed by atoms with Gasteiger partial charge in [0.1, 0.15) is 10.6 Å². The maximum Gasteiger partial charge on any atom is 0.272 e. The van der Waals surface area contributed by atoms with E-state index in [-0.39, 0.29) is 16.5 Å². The van der Waals surface area contributed by atoms with Crippen LogP contribution in [0.5, 0.6) is 0 Å². The van der Waals surface area contributed by atoms with Crippen LogP contribution in [0.4, 0.5) is 5.69 Å². The van der Waals surface area contributed by atoms with Crippen molar-refractivity contribution in [2.45, 2.75) is 24.2 Å². The van der Waals surface area contributed by atoms with Crippen molar-refractivity contribution in [1.29, 1.82) is 0 Å². The van der Waals surface area contributed by atoms with Gasteiger partial charge in [-0.15, -0.1) is 0 Å². The third-order valence-corrected chi connectivity index (χ3v) is 6.31. The van der Waals surface area contributed by atoms with Gasteiger partial charge in [-0.25, -0.2) is 8.42 Å².